The highest BCUT2D eigenvalue weighted by atomic mass is 16.4. The molecule has 0 spiro atoms. The van der Waals surface area contributed by atoms with E-state index < -0.39 is 45.8 Å². The molecule has 36 heavy (non-hydrogen) atoms. The van der Waals surface area contributed by atoms with E-state index in [0.717, 1.165) is 18.4 Å². The van der Waals surface area contributed by atoms with Crippen molar-refractivity contribution in [2.75, 3.05) is 0 Å². The molecule has 0 aromatic carbocycles. The Bertz CT molecular complexity index is 1010. The predicted molar refractivity (Wildman–Crippen MR) is 136 cm³/mol. The number of aliphatic carboxylic acids is 2. The standard InChI is InChI=1S/C30H46O6/c1-25(2)11-12-29(23(33)34)13-14-30(24(35)36)17(18(29)15-25)7-8-20-27(5)10-9-21(32)26(3,4)22(27)19(31)16-28(20,30)6/h7,18-22,31-32H,8-16H2,1-6H3,(H,33,34)(H,35,36). The van der Waals surface area contributed by atoms with Crippen LogP contribution in [0.1, 0.15) is 99.3 Å². The Hall–Kier alpha value is -1.40. The van der Waals surface area contributed by atoms with Gasteiger partial charge in [-0.3, -0.25) is 9.59 Å². The molecule has 0 aromatic heterocycles. The first-order chi connectivity index (χ1) is 16.5. The normalized spacial score (nSPS) is 51.0. The first-order valence-electron chi connectivity index (χ1n) is 14.0. The minimum Gasteiger partial charge on any atom is -0.481 e. The zero-order valence-electron chi connectivity index (χ0n) is 22.9. The molecule has 0 bridgehead atoms. The predicted octanol–water partition coefficient (Wildman–Crippen LogP) is 5.27. The molecule has 6 heteroatoms. The average Bonchev–Trinajstić information content (AvgIpc) is 2.75. The number of hydrogen-bond donors (Lipinski definition) is 4. The molecular weight excluding hydrogens is 456 g/mol. The number of carboxylic acid groups (broad SMARTS) is 2. The van der Waals surface area contributed by atoms with E-state index in [9.17, 15) is 30.0 Å². The molecule has 0 aromatic rings. The van der Waals surface area contributed by atoms with Gasteiger partial charge in [0.15, 0.2) is 0 Å². The second kappa shape index (κ2) is 7.59. The van der Waals surface area contributed by atoms with Crippen molar-refractivity contribution < 1.29 is 30.0 Å². The maximum atomic E-state index is 13.5. The number of rotatable bonds is 2. The number of allylic oxidation sites excluding steroid dienone is 1. The lowest BCUT2D eigenvalue weighted by molar-refractivity contribution is -0.245. The molecule has 5 rings (SSSR count). The minimum atomic E-state index is -1.18. The Kier molecular flexibility index (Phi) is 5.53. The Labute approximate surface area is 215 Å². The molecule has 6 nitrogen and oxygen atoms in total. The maximum Gasteiger partial charge on any atom is 0.314 e. The molecule has 5 aliphatic carbocycles. The smallest absolute Gasteiger partial charge is 0.314 e. The zero-order chi connectivity index (χ0) is 26.7. The van der Waals surface area contributed by atoms with E-state index in [1.807, 2.05) is 0 Å². The zero-order valence-corrected chi connectivity index (χ0v) is 22.9. The fourth-order valence-corrected chi connectivity index (χ4v) is 10.9. The number of carbonyl (C=O) groups is 2. The van der Waals surface area contributed by atoms with Gasteiger partial charge in [-0.2, -0.15) is 0 Å². The number of aliphatic hydroxyl groups is 2. The van der Waals surface area contributed by atoms with E-state index in [4.69, 9.17) is 0 Å². The number of hydrogen-bond acceptors (Lipinski definition) is 4. The lowest BCUT2D eigenvalue weighted by Crippen LogP contribution is -2.70. The molecule has 0 amide bonds. The number of aliphatic hydroxyl groups excluding tert-OH is 2. The van der Waals surface area contributed by atoms with Crippen LogP contribution in [-0.2, 0) is 9.59 Å². The Morgan fingerprint density at radius 2 is 1.50 bits per heavy atom. The molecule has 0 radical (unpaired) electrons. The summed E-state index contributed by atoms with van der Waals surface area (Å²) in [4.78, 5) is 26.3. The third kappa shape index (κ3) is 2.98. The first-order valence-corrected chi connectivity index (χ1v) is 14.0. The van der Waals surface area contributed by atoms with E-state index in [1.165, 1.54) is 0 Å². The highest BCUT2D eigenvalue weighted by Crippen LogP contribution is 2.75. The van der Waals surface area contributed by atoms with E-state index >= 15 is 0 Å². The van der Waals surface area contributed by atoms with E-state index in [0.29, 0.717) is 44.9 Å². The van der Waals surface area contributed by atoms with Gasteiger partial charge in [0.05, 0.1) is 23.0 Å². The third-order valence-electron chi connectivity index (χ3n) is 12.7. The van der Waals surface area contributed by atoms with Crippen molar-refractivity contribution in [3.8, 4) is 0 Å². The van der Waals surface area contributed by atoms with Crippen LogP contribution in [0.4, 0.5) is 0 Å². The SMILES string of the molecule is CC1(C)CCC2(C(=O)O)CCC3(C(=O)O)C(=CCC4C5(C)CCC(O)C(C)(C)C5C(O)CC43C)C2C1. The molecule has 4 fully saturated rings. The third-order valence-corrected chi connectivity index (χ3v) is 12.7. The van der Waals surface area contributed by atoms with Gasteiger partial charge in [-0.15, -0.1) is 0 Å². The van der Waals surface area contributed by atoms with Gasteiger partial charge in [0.2, 0.25) is 0 Å². The highest BCUT2D eigenvalue weighted by Gasteiger charge is 2.74. The van der Waals surface area contributed by atoms with Gasteiger partial charge in [0, 0.05) is 0 Å². The molecule has 9 unspecified atom stereocenters. The van der Waals surface area contributed by atoms with Crippen molar-refractivity contribution >= 4 is 11.9 Å². The summed E-state index contributed by atoms with van der Waals surface area (Å²) in [6.07, 6.45) is 6.19. The lowest BCUT2D eigenvalue weighted by atomic mass is 9.32. The topological polar surface area (TPSA) is 115 Å². The Morgan fingerprint density at radius 3 is 2.11 bits per heavy atom. The first kappa shape index (κ1) is 26.2. The fourth-order valence-electron chi connectivity index (χ4n) is 10.9. The monoisotopic (exact) mass is 502 g/mol. The van der Waals surface area contributed by atoms with Crippen LogP contribution in [0.15, 0.2) is 11.6 Å². The second-order valence-corrected chi connectivity index (χ2v) is 15.1. The summed E-state index contributed by atoms with van der Waals surface area (Å²) >= 11 is 0. The summed E-state index contributed by atoms with van der Waals surface area (Å²) in [7, 11) is 0. The minimum absolute atomic E-state index is 0.0407. The average molecular weight is 503 g/mol. The van der Waals surface area contributed by atoms with Crippen LogP contribution in [0.3, 0.4) is 0 Å². The van der Waals surface area contributed by atoms with Crippen molar-refractivity contribution in [2.45, 2.75) is 112 Å². The van der Waals surface area contributed by atoms with Crippen molar-refractivity contribution in [1.82, 2.24) is 0 Å². The van der Waals surface area contributed by atoms with Gasteiger partial charge in [0.25, 0.3) is 0 Å². The summed E-state index contributed by atoms with van der Waals surface area (Å²) in [6, 6.07) is 0. The number of carboxylic acids is 2. The molecule has 202 valence electrons. The molecule has 9 atom stereocenters. The molecular formula is C30H46O6. The molecule has 0 saturated heterocycles. The Morgan fingerprint density at radius 1 is 0.861 bits per heavy atom. The van der Waals surface area contributed by atoms with Crippen LogP contribution >= 0.6 is 0 Å². The summed E-state index contributed by atoms with van der Waals surface area (Å²) in [6.45, 7) is 12.8. The largest absolute Gasteiger partial charge is 0.481 e. The van der Waals surface area contributed by atoms with Gasteiger partial charge in [-0.05, 0) is 97.2 Å². The number of fused-ring (bicyclic) bond motifs is 7. The van der Waals surface area contributed by atoms with E-state index in [2.05, 4.69) is 47.6 Å². The highest BCUT2D eigenvalue weighted by molar-refractivity contribution is 5.84. The van der Waals surface area contributed by atoms with Gasteiger partial charge in [0.1, 0.15) is 0 Å². The lowest BCUT2D eigenvalue weighted by Gasteiger charge is -2.71. The quantitative estimate of drug-likeness (QED) is 0.383. The Balaban J connectivity index is 1.70. The molecule has 5 aliphatic rings. The van der Waals surface area contributed by atoms with Crippen molar-refractivity contribution in [2.24, 2.45) is 50.2 Å². The van der Waals surface area contributed by atoms with Crippen molar-refractivity contribution in [3.63, 3.8) is 0 Å². The van der Waals surface area contributed by atoms with Crippen LogP contribution in [-0.4, -0.2) is 44.6 Å². The van der Waals surface area contributed by atoms with E-state index in [1.54, 1.807) is 0 Å². The van der Waals surface area contributed by atoms with Crippen molar-refractivity contribution in [3.05, 3.63) is 11.6 Å². The summed E-state index contributed by atoms with van der Waals surface area (Å²) in [5.41, 5.74) is -2.77. The second-order valence-electron chi connectivity index (χ2n) is 15.1. The molecule has 0 aliphatic heterocycles. The van der Waals surface area contributed by atoms with Crippen LogP contribution < -0.4 is 0 Å². The van der Waals surface area contributed by atoms with Crippen LogP contribution in [0.25, 0.3) is 0 Å². The van der Waals surface area contributed by atoms with Gasteiger partial charge >= 0.3 is 11.9 Å². The molecule has 4 saturated carbocycles. The van der Waals surface area contributed by atoms with E-state index in [-0.39, 0.29) is 28.6 Å². The summed E-state index contributed by atoms with van der Waals surface area (Å²) < 4.78 is 0. The summed E-state index contributed by atoms with van der Waals surface area (Å²) in [5.74, 6) is -2.02. The van der Waals surface area contributed by atoms with Crippen LogP contribution in [0, 0.1) is 50.2 Å². The molecule has 4 N–H and O–H groups in total. The summed E-state index contributed by atoms with van der Waals surface area (Å²) in [5, 5.41) is 44.2. The fraction of sp³-hybridized carbons (Fsp3) is 0.867. The van der Waals surface area contributed by atoms with Gasteiger partial charge in [-0.25, -0.2) is 0 Å². The van der Waals surface area contributed by atoms with Crippen LogP contribution in [0.2, 0.25) is 0 Å². The van der Waals surface area contributed by atoms with Crippen molar-refractivity contribution in [1.29, 1.82) is 0 Å². The van der Waals surface area contributed by atoms with Crippen LogP contribution in [0.5, 0.6) is 0 Å². The maximum absolute atomic E-state index is 13.5. The molecule has 0 heterocycles. The van der Waals surface area contributed by atoms with Gasteiger partial charge in [-0.1, -0.05) is 53.2 Å². The van der Waals surface area contributed by atoms with Gasteiger partial charge < -0.3 is 20.4 Å².